The van der Waals surface area contributed by atoms with E-state index in [2.05, 4.69) is 24.2 Å². The van der Waals surface area contributed by atoms with E-state index >= 15 is 0 Å². The van der Waals surface area contributed by atoms with Crippen LogP contribution in [0.2, 0.25) is 0 Å². The summed E-state index contributed by atoms with van der Waals surface area (Å²) in [5.74, 6) is 0.699. The van der Waals surface area contributed by atoms with Crippen molar-refractivity contribution in [3.63, 3.8) is 0 Å². The van der Waals surface area contributed by atoms with Gasteiger partial charge in [-0.2, -0.15) is 18.3 Å². The molecule has 0 aliphatic carbocycles. The molecule has 2 aromatic carbocycles. The van der Waals surface area contributed by atoms with Crippen LogP contribution in [0.25, 0.3) is 16.6 Å². The van der Waals surface area contributed by atoms with Gasteiger partial charge in [-0.25, -0.2) is 8.91 Å². The van der Waals surface area contributed by atoms with E-state index in [1.807, 2.05) is 25.1 Å². The highest BCUT2D eigenvalue weighted by molar-refractivity contribution is 5.82. The lowest BCUT2D eigenvalue weighted by atomic mass is 9.95. The molecule has 0 amide bonds. The van der Waals surface area contributed by atoms with Gasteiger partial charge in [-0.1, -0.05) is 74.5 Å². The molecule has 7 heteroatoms. The molecule has 0 fully saturated rings. The van der Waals surface area contributed by atoms with Gasteiger partial charge in [0.2, 0.25) is 0 Å². The number of fused-ring (bicyclic) bond motifs is 1. The van der Waals surface area contributed by atoms with Crippen LogP contribution < -0.4 is 0 Å². The van der Waals surface area contributed by atoms with Crippen LogP contribution in [0.4, 0.5) is 17.6 Å². The summed E-state index contributed by atoms with van der Waals surface area (Å²) in [5.41, 5.74) is 3.16. The Morgan fingerprint density at radius 2 is 1.63 bits per heavy atom. The molecule has 4 rings (SSSR count). The summed E-state index contributed by atoms with van der Waals surface area (Å²) in [6.07, 6.45) is -3.16. The summed E-state index contributed by atoms with van der Waals surface area (Å²) in [7, 11) is 0. The lowest BCUT2D eigenvalue weighted by Gasteiger charge is -2.09. The summed E-state index contributed by atoms with van der Waals surface area (Å²) in [6.45, 7) is 5.10. The maximum atomic E-state index is 13.1. The zero-order valence-corrected chi connectivity index (χ0v) is 19.9. The predicted molar refractivity (Wildman–Crippen MR) is 130 cm³/mol. The van der Waals surface area contributed by atoms with Crippen molar-refractivity contribution in [2.75, 3.05) is 0 Å². The van der Waals surface area contributed by atoms with E-state index < -0.39 is 18.5 Å². The number of pyridine rings is 1. The monoisotopic (exact) mass is 484 g/mol. The highest BCUT2D eigenvalue weighted by atomic mass is 19.4. The maximum Gasteiger partial charge on any atom is 0.433 e. The van der Waals surface area contributed by atoms with E-state index in [0.717, 1.165) is 10.6 Å². The second-order valence-electron chi connectivity index (χ2n) is 8.40. The average molecular weight is 485 g/mol. The fraction of sp³-hybridized carbons (Fsp3) is 0.286. The van der Waals surface area contributed by atoms with Crippen molar-refractivity contribution < 1.29 is 22.4 Å². The molecule has 2 aromatic heterocycles. The van der Waals surface area contributed by atoms with E-state index in [0.29, 0.717) is 52.4 Å². The summed E-state index contributed by atoms with van der Waals surface area (Å²) in [4.78, 5) is 11.2. The minimum absolute atomic E-state index is 0.344. The van der Waals surface area contributed by atoms with E-state index in [1.54, 1.807) is 37.3 Å². The minimum atomic E-state index is -4.48. The van der Waals surface area contributed by atoms with Gasteiger partial charge in [0.25, 0.3) is 0 Å². The number of aromatic nitrogens is 2. The zero-order chi connectivity index (χ0) is 25.6. The fourth-order valence-corrected chi connectivity index (χ4v) is 3.90. The van der Waals surface area contributed by atoms with Gasteiger partial charge < -0.3 is 0 Å². The van der Waals surface area contributed by atoms with Crippen LogP contribution >= 0.6 is 0 Å². The molecule has 0 radical (unpaired) electrons. The molecule has 0 spiro atoms. The van der Waals surface area contributed by atoms with Crippen LogP contribution in [-0.4, -0.2) is 15.4 Å². The van der Waals surface area contributed by atoms with Crippen molar-refractivity contribution in [2.45, 2.75) is 52.4 Å². The SMILES string of the molecule is CCC(=O)CC(C)c1ccccc1.Cc1nn2c(C(F)(F)F)cccc2c1-c1ccc(CF)cc1. The van der Waals surface area contributed by atoms with Crippen molar-refractivity contribution >= 4 is 11.3 Å². The molecule has 0 N–H and O–H groups in total. The topological polar surface area (TPSA) is 34.4 Å². The number of aryl methyl sites for hydroxylation is 1. The first-order valence-corrected chi connectivity index (χ1v) is 11.4. The number of halogens is 4. The van der Waals surface area contributed by atoms with E-state index in [4.69, 9.17) is 0 Å². The molecular formula is C28H28F4N2O. The molecule has 0 saturated carbocycles. The van der Waals surface area contributed by atoms with Gasteiger partial charge in [-0.15, -0.1) is 0 Å². The fourth-order valence-electron chi connectivity index (χ4n) is 3.90. The van der Waals surface area contributed by atoms with Gasteiger partial charge in [-0.3, -0.25) is 4.79 Å². The van der Waals surface area contributed by atoms with Crippen molar-refractivity contribution in [1.82, 2.24) is 9.61 Å². The van der Waals surface area contributed by atoms with Gasteiger partial charge in [0, 0.05) is 18.4 Å². The number of carbonyl (C=O) groups excluding carboxylic acids is 1. The number of rotatable bonds is 6. The Kier molecular flexibility index (Phi) is 8.43. The Morgan fingerprint density at radius 3 is 2.20 bits per heavy atom. The second-order valence-corrected chi connectivity index (χ2v) is 8.40. The van der Waals surface area contributed by atoms with Crippen molar-refractivity contribution in [2.24, 2.45) is 0 Å². The van der Waals surface area contributed by atoms with Crippen LogP contribution in [-0.2, 0) is 17.6 Å². The predicted octanol–water partition coefficient (Wildman–Crippen LogP) is 7.96. The number of hydrogen-bond donors (Lipinski definition) is 0. The summed E-state index contributed by atoms with van der Waals surface area (Å²) >= 11 is 0. The number of benzene rings is 2. The van der Waals surface area contributed by atoms with Crippen LogP contribution in [0.3, 0.4) is 0 Å². The molecule has 35 heavy (non-hydrogen) atoms. The summed E-state index contributed by atoms with van der Waals surface area (Å²) in [5, 5.41) is 4.02. The van der Waals surface area contributed by atoms with Crippen LogP contribution in [0.5, 0.6) is 0 Å². The van der Waals surface area contributed by atoms with E-state index in [-0.39, 0.29) is 0 Å². The first kappa shape index (κ1) is 26.1. The Labute approximate surface area is 202 Å². The molecular weight excluding hydrogens is 456 g/mol. The number of alkyl halides is 4. The largest absolute Gasteiger partial charge is 0.433 e. The molecule has 2 heterocycles. The summed E-state index contributed by atoms with van der Waals surface area (Å²) < 4.78 is 52.7. The van der Waals surface area contributed by atoms with E-state index in [9.17, 15) is 22.4 Å². The third-order valence-electron chi connectivity index (χ3n) is 5.82. The number of Topliss-reactive ketones (excluding diaryl/α,β-unsaturated/α-hetero) is 1. The maximum absolute atomic E-state index is 13.1. The molecule has 0 saturated heterocycles. The van der Waals surface area contributed by atoms with Crippen molar-refractivity contribution in [3.8, 4) is 11.1 Å². The quantitative estimate of drug-likeness (QED) is 0.260. The van der Waals surface area contributed by atoms with Crippen molar-refractivity contribution in [1.29, 1.82) is 0 Å². The molecule has 1 atom stereocenters. The zero-order valence-electron chi connectivity index (χ0n) is 19.9. The van der Waals surface area contributed by atoms with Crippen LogP contribution in [0, 0.1) is 6.92 Å². The Balaban J connectivity index is 0.000000225. The standard InChI is InChI=1S/C16H12F4N2.C12H16O/c1-10-15(12-7-5-11(9-17)6-8-12)13-3-2-4-14(16(18,19)20)22(13)21-10;1-3-12(13)9-10(2)11-7-5-4-6-8-11/h2-8H,9H2,1H3;4-8,10H,3,9H2,1-2H3. The smallest absolute Gasteiger partial charge is 0.300 e. The first-order chi connectivity index (χ1) is 16.7. The number of nitrogens with zero attached hydrogens (tertiary/aromatic N) is 2. The highest BCUT2D eigenvalue weighted by Gasteiger charge is 2.34. The van der Waals surface area contributed by atoms with Crippen LogP contribution in [0.1, 0.15) is 55.1 Å². The number of carbonyl (C=O) groups is 1. The second kappa shape index (κ2) is 11.3. The van der Waals surface area contributed by atoms with Crippen molar-refractivity contribution in [3.05, 3.63) is 95.3 Å². The molecule has 4 aromatic rings. The number of ketones is 1. The third-order valence-corrected chi connectivity index (χ3v) is 5.82. The summed E-state index contributed by atoms with van der Waals surface area (Å²) in [6, 6.07) is 20.8. The third kappa shape index (κ3) is 6.35. The molecule has 3 nitrogen and oxygen atoms in total. The Bertz CT molecular complexity index is 1260. The van der Waals surface area contributed by atoms with Gasteiger partial charge >= 0.3 is 6.18 Å². The average Bonchev–Trinajstić information content (AvgIpc) is 3.19. The van der Waals surface area contributed by atoms with Gasteiger partial charge in [0.05, 0.1) is 11.2 Å². The normalized spacial score (nSPS) is 12.2. The molecule has 1 unspecified atom stereocenters. The molecule has 0 aliphatic heterocycles. The highest BCUT2D eigenvalue weighted by Crippen LogP contribution is 2.34. The van der Waals surface area contributed by atoms with Crippen LogP contribution in [0.15, 0.2) is 72.8 Å². The molecule has 184 valence electrons. The molecule has 0 bridgehead atoms. The minimum Gasteiger partial charge on any atom is -0.300 e. The lowest BCUT2D eigenvalue weighted by Crippen LogP contribution is -2.11. The Hall–Kier alpha value is -3.48. The van der Waals surface area contributed by atoms with Gasteiger partial charge in [0.1, 0.15) is 18.2 Å². The number of hydrogen-bond acceptors (Lipinski definition) is 2. The van der Waals surface area contributed by atoms with E-state index in [1.165, 1.54) is 11.6 Å². The van der Waals surface area contributed by atoms with Gasteiger partial charge in [-0.05, 0) is 41.7 Å². The molecule has 0 aliphatic rings. The first-order valence-electron chi connectivity index (χ1n) is 11.4. The van der Waals surface area contributed by atoms with Gasteiger partial charge in [0.15, 0.2) is 0 Å². The Morgan fingerprint density at radius 1 is 0.971 bits per heavy atom. The lowest BCUT2D eigenvalue weighted by molar-refractivity contribution is -0.142.